The molecule has 1 aliphatic rings. The van der Waals surface area contributed by atoms with Crippen LogP contribution in [0.15, 0.2) is 35.2 Å². The highest BCUT2D eigenvalue weighted by Crippen LogP contribution is 2.25. The second-order valence-electron chi connectivity index (χ2n) is 5.66. The third kappa shape index (κ3) is 3.21. The Morgan fingerprint density at radius 3 is 2.91 bits per heavy atom. The molecule has 5 nitrogen and oxygen atoms in total. The minimum absolute atomic E-state index is 0.439. The van der Waals surface area contributed by atoms with Crippen LogP contribution in [0, 0.1) is 6.92 Å². The molecule has 0 aliphatic carbocycles. The Morgan fingerprint density at radius 1 is 1.32 bits per heavy atom. The van der Waals surface area contributed by atoms with Crippen molar-refractivity contribution in [3.8, 4) is 0 Å². The number of nitrogens with zero attached hydrogens (tertiary/aromatic N) is 5. The summed E-state index contributed by atoms with van der Waals surface area (Å²) in [6.07, 6.45) is 5.73. The monoisotopic (exact) mass is 361 g/mol. The van der Waals surface area contributed by atoms with Crippen molar-refractivity contribution in [3.63, 3.8) is 0 Å². The van der Waals surface area contributed by atoms with Crippen molar-refractivity contribution in [2.45, 2.75) is 25.8 Å². The second-order valence-corrected chi connectivity index (χ2v) is 6.51. The first-order valence-electron chi connectivity index (χ1n) is 7.52. The summed E-state index contributed by atoms with van der Waals surface area (Å²) >= 11 is 3.52. The number of anilines is 2. The van der Waals surface area contributed by atoms with Crippen molar-refractivity contribution < 1.29 is 0 Å². The molecule has 0 spiro atoms. The number of hydrogen-bond acceptors (Lipinski definition) is 5. The van der Waals surface area contributed by atoms with E-state index in [9.17, 15) is 0 Å². The molecule has 1 saturated heterocycles. The Bertz CT molecular complexity index is 634. The molecule has 0 bridgehead atoms. The topological polar surface area (TPSA) is 45.2 Å². The van der Waals surface area contributed by atoms with Gasteiger partial charge in [0.25, 0.3) is 0 Å². The minimum Gasteiger partial charge on any atom is -0.355 e. The number of aromatic nitrogens is 3. The average molecular weight is 362 g/mol. The first kappa shape index (κ1) is 15.2. The number of piperidine rings is 1. The number of pyridine rings is 1. The molecule has 1 unspecified atom stereocenters. The van der Waals surface area contributed by atoms with E-state index in [0.29, 0.717) is 6.04 Å². The molecule has 3 rings (SSSR count). The lowest BCUT2D eigenvalue weighted by atomic mass is 10.0. The molecule has 2 aromatic rings. The first-order chi connectivity index (χ1) is 10.6. The van der Waals surface area contributed by atoms with Gasteiger partial charge >= 0.3 is 0 Å². The van der Waals surface area contributed by atoms with Gasteiger partial charge in [-0.15, -0.1) is 0 Å². The number of likely N-dealkylation sites (N-methyl/N-ethyl adjacent to an activating group) is 1. The largest absolute Gasteiger partial charge is 0.355 e. The molecular formula is C16H20BrN5. The summed E-state index contributed by atoms with van der Waals surface area (Å²) in [4.78, 5) is 17.7. The standard InChI is InChI=1S/C16H20BrN5/c1-12-14(17)5-6-16(20-12)22-9-3-4-13(10-22)21(2)15-7-8-18-11-19-15/h5-8,11,13H,3-4,9-10H2,1-2H3. The van der Waals surface area contributed by atoms with Gasteiger partial charge in [-0.25, -0.2) is 15.0 Å². The van der Waals surface area contributed by atoms with Crippen LogP contribution in [0.2, 0.25) is 0 Å². The van der Waals surface area contributed by atoms with Crippen LogP contribution in [0.5, 0.6) is 0 Å². The lowest BCUT2D eigenvalue weighted by Gasteiger charge is -2.38. The Kier molecular flexibility index (Phi) is 4.57. The zero-order valence-corrected chi connectivity index (χ0v) is 14.5. The molecule has 1 aliphatic heterocycles. The Hall–Kier alpha value is -1.69. The van der Waals surface area contributed by atoms with Gasteiger partial charge in [-0.2, -0.15) is 0 Å². The van der Waals surface area contributed by atoms with Gasteiger partial charge in [0.1, 0.15) is 18.0 Å². The van der Waals surface area contributed by atoms with Crippen molar-refractivity contribution in [3.05, 3.63) is 40.9 Å². The van der Waals surface area contributed by atoms with E-state index in [1.807, 2.05) is 13.0 Å². The quantitative estimate of drug-likeness (QED) is 0.840. The number of aryl methyl sites for hydroxylation is 1. The molecule has 22 heavy (non-hydrogen) atoms. The van der Waals surface area contributed by atoms with E-state index in [4.69, 9.17) is 4.98 Å². The maximum atomic E-state index is 4.70. The van der Waals surface area contributed by atoms with Crippen LogP contribution in [0.4, 0.5) is 11.6 Å². The van der Waals surface area contributed by atoms with Gasteiger partial charge in [-0.1, -0.05) is 0 Å². The van der Waals surface area contributed by atoms with E-state index in [-0.39, 0.29) is 0 Å². The highest BCUT2D eigenvalue weighted by atomic mass is 79.9. The molecule has 3 heterocycles. The normalized spacial score (nSPS) is 18.3. The summed E-state index contributed by atoms with van der Waals surface area (Å²) in [6, 6.07) is 6.56. The third-order valence-corrected chi connectivity index (χ3v) is 5.04. The van der Waals surface area contributed by atoms with Crippen LogP contribution in [0.1, 0.15) is 18.5 Å². The van der Waals surface area contributed by atoms with Crippen molar-refractivity contribution in [2.24, 2.45) is 0 Å². The van der Waals surface area contributed by atoms with Gasteiger partial charge < -0.3 is 9.80 Å². The molecule has 0 radical (unpaired) electrons. The number of rotatable bonds is 3. The van der Waals surface area contributed by atoms with Gasteiger partial charge in [0.2, 0.25) is 0 Å². The van der Waals surface area contributed by atoms with Crippen LogP contribution in [0.25, 0.3) is 0 Å². The lowest BCUT2D eigenvalue weighted by molar-refractivity contribution is 0.483. The maximum absolute atomic E-state index is 4.70. The third-order valence-electron chi connectivity index (χ3n) is 4.20. The van der Waals surface area contributed by atoms with Crippen LogP contribution in [-0.2, 0) is 0 Å². The van der Waals surface area contributed by atoms with Crippen molar-refractivity contribution in [1.82, 2.24) is 15.0 Å². The van der Waals surface area contributed by atoms with Crippen molar-refractivity contribution in [1.29, 1.82) is 0 Å². The minimum atomic E-state index is 0.439. The summed E-state index contributed by atoms with van der Waals surface area (Å²) in [5, 5.41) is 0. The highest BCUT2D eigenvalue weighted by molar-refractivity contribution is 9.10. The molecule has 2 aromatic heterocycles. The van der Waals surface area contributed by atoms with Gasteiger partial charge in [0.15, 0.2) is 0 Å². The van der Waals surface area contributed by atoms with E-state index in [1.54, 1.807) is 12.5 Å². The van der Waals surface area contributed by atoms with Crippen molar-refractivity contribution in [2.75, 3.05) is 29.9 Å². The lowest BCUT2D eigenvalue weighted by Crippen LogP contribution is -2.47. The molecular weight excluding hydrogens is 342 g/mol. The zero-order valence-electron chi connectivity index (χ0n) is 12.9. The smallest absolute Gasteiger partial charge is 0.131 e. The van der Waals surface area contributed by atoms with Crippen LogP contribution < -0.4 is 9.80 Å². The van der Waals surface area contributed by atoms with Gasteiger partial charge in [-0.05, 0) is 53.9 Å². The highest BCUT2D eigenvalue weighted by Gasteiger charge is 2.25. The fraction of sp³-hybridized carbons (Fsp3) is 0.438. The van der Waals surface area contributed by atoms with Crippen LogP contribution >= 0.6 is 15.9 Å². The summed E-state index contributed by atoms with van der Waals surface area (Å²) < 4.78 is 1.06. The van der Waals surface area contributed by atoms with Crippen LogP contribution in [-0.4, -0.2) is 41.1 Å². The van der Waals surface area contributed by atoms with Gasteiger partial charge in [-0.3, -0.25) is 0 Å². The fourth-order valence-corrected chi connectivity index (χ4v) is 3.09. The first-order valence-corrected chi connectivity index (χ1v) is 8.31. The van der Waals surface area contributed by atoms with Gasteiger partial charge in [0, 0.05) is 36.8 Å². The Balaban J connectivity index is 1.75. The molecule has 116 valence electrons. The average Bonchev–Trinajstić information content (AvgIpc) is 2.57. The predicted octanol–water partition coefficient (Wildman–Crippen LogP) is 3.05. The van der Waals surface area contributed by atoms with E-state index < -0.39 is 0 Å². The molecule has 0 N–H and O–H groups in total. The molecule has 0 aromatic carbocycles. The molecule has 6 heteroatoms. The molecule has 0 saturated carbocycles. The van der Waals surface area contributed by atoms with E-state index >= 15 is 0 Å². The van der Waals surface area contributed by atoms with E-state index in [2.05, 4.69) is 54.9 Å². The SMILES string of the molecule is Cc1nc(N2CCCC(N(C)c3ccncn3)C2)ccc1Br. The van der Waals surface area contributed by atoms with E-state index in [1.165, 1.54) is 6.42 Å². The molecule has 0 amide bonds. The summed E-state index contributed by atoms with van der Waals surface area (Å²) in [5.74, 6) is 2.03. The number of hydrogen-bond donors (Lipinski definition) is 0. The number of halogens is 1. The second kappa shape index (κ2) is 6.60. The van der Waals surface area contributed by atoms with Gasteiger partial charge in [0.05, 0.1) is 5.69 Å². The fourth-order valence-electron chi connectivity index (χ4n) is 2.87. The summed E-state index contributed by atoms with van der Waals surface area (Å²) in [5.41, 5.74) is 1.03. The zero-order chi connectivity index (χ0) is 15.5. The Labute approximate surface area is 139 Å². The van der Waals surface area contributed by atoms with Crippen molar-refractivity contribution >= 4 is 27.6 Å². The predicted molar refractivity (Wildman–Crippen MR) is 92.3 cm³/mol. The van der Waals surface area contributed by atoms with Crippen LogP contribution in [0.3, 0.4) is 0 Å². The molecule has 1 fully saturated rings. The summed E-state index contributed by atoms with van der Waals surface area (Å²) in [7, 11) is 2.11. The summed E-state index contributed by atoms with van der Waals surface area (Å²) in [6.45, 7) is 4.05. The molecule has 1 atom stereocenters. The van der Waals surface area contributed by atoms with E-state index in [0.717, 1.165) is 41.3 Å². The Morgan fingerprint density at radius 2 is 2.18 bits per heavy atom. The maximum Gasteiger partial charge on any atom is 0.131 e.